The number of carbonyl (C=O) groups excluding carboxylic acids is 4. The van der Waals surface area contributed by atoms with E-state index in [-0.39, 0.29) is 30.5 Å². The van der Waals surface area contributed by atoms with Crippen molar-refractivity contribution in [2.45, 2.75) is 38.6 Å². The summed E-state index contributed by atoms with van der Waals surface area (Å²) in [5.74, 6) is -1.44. The van der Waals surface area contributed by atoms with Gasteiger partial charge in [-0.05, 0) is 34.4 Å². The van der Waals surface area contributed by atoms with Crippen molar-refractivity contribution in [1.29, 1.82) is 0 Å². The molecule has 4 amide bonds. The SMILES string of the molecule is COC(=O)CC1C(=O)NCCN1C(=O)c1cc(C(C)(C)C)sc1NC(=O)Nc1ccc2ccccc2c1. The predicted octanol–water partition coefficient (Wildman–Crippen LogP) is 4.35. The number of benzene rings is 2. The Bertz CT molecular complexity index is 1360. The number of esters is 1. The highest BCUT2D eigenvalue weighted by Crippen LogP contribution is 2.37. The molecule has 1 saturated heterocycles. The lowest BCUT2D eigenvalue weighted by atomic mass is 9.94. The second-order valence-electron chi connectivity index (χ2n) is 9.83. The Balaban J connectivity index is 1.60. The molecule has 0 saturated carbocycles. The maximum absolute atomic E-state index is 13.7. The van der Waals surface area contributed by atoms with Crippen molar-refractivity contribution in [3.8, 4) is 0 Å². The van der Waals surface area contributed by atoms with E-state index in [9.17, 15) is 19.2 Å². The number of rotatable bonds is 5. The lowest BCUT2D eigenvalue weighted by Gasteiger charge is -2.34. The van der Waals surface area contributed by atoms with E-state index in [4.69, 9.17) is 4.74 Å². The van der Waals surface area contributed by atoms with E-state index in [2.05, 4.69) is 16.0 Å². The van der Waals surface area contributed by atoms with Gasteiger partial charge in [0.1, 0.15) is 11.0 Å². The van der Waals surface area contributed by atoms with Crippen LogP contribution in [0, 0.1) is 0 Å². The molecule has 1 unspecified atom stereocenters. The van der Waals surface area contributed by atoms with Gasteiger partial charge in [0, 0.05) is 23.7 Å². The summed E-state index contributed by atoms with van der Waals surface area (Å²) in [5, 5.41) is 10.8. The number of hydrogen-bond acceptors (Lipinski definition) is 6. The maximum Gasteiger partial charge on any atom is 0.324 e. The van der Waals surface area contributed by atoms with Crippen LogP contribution in [0.15, 0.2) is 48.5 Å². The van der Waals surface area contributed by atoms with Crippen LogP contribution in [0.25, 0.3) is 10.8 Å². The zero-order valence-corrected chi connectivity index (χ0v) is 22.0. The molecule has 194 valence electrons. The molecule has 0 aliphatic carbocycles. The number of fused-ring (bicyclic) bond motifs is 1. The number of methoxy groups -OCH3 is 1. The Labute approximate surface area is 219 Å². The van der Waals surface area contributed by atoms with Crippen LogP contribution >= 0.6 is 11.3 Å². The van der Waals surface area contributed by atoms with Gasteiger partial charge in [0.15, 0.2) is 0 Å². The van der Waals surface area contributed by atoms with E-state index in [1.165, 1.54) is 23.3 Å². The molecule has 4 rings (SSSR count). The summed E-state index contributed by atoms with van der Waals surface area (Å²) in [7, 11) is 1.24. The van der Waals surface area contributed by atoms with E-state index in [0.29, 0.717) is 10.7 Å². The van der Waals surface area contributed by atoms with Gasteiger partial charge in [-0.2, -0.15) is 0 Å². The summed E-state index contributed by atoms with van der Waals surface area (Å²) in [6.45, 7) is 6.54. The minimum Gasteiger partial charge on any atom is -0.469 e. The smallest absolute Gasteiger partial charge is 0.324 e. The molecule has 0 spiro atoms. The standard InChI is InChI=1S/C27H30N4O5S/c1-27(2,3)21-14-19(25(34)31-12-11-28-23(33)20(31)15-22(32)36-4)24(37-21)30-26(35)29-18-10-9-16-7-5-6-8-17(16)13-18/h5-10,13-14,20H,11-12,15H2,1-4H3,(H,28,33)(H2,29,30,35). The highest BCUT2D eigenvalue weighted by atomic mass is 32.1. The molecule has 1 atom stereocenters. The summed E-state index contributed by atoms with van der Waals surface area (Å²) < 4.78 is 4.72. The van der Waals surface area contributed by atoms with Gasteiger partial charge in [-0.15, -0.1) is 11.3 Å². The molecule has 3 N–H and O–H groups in total. The number of amides is 4. The molecule has 1 aliphatic heterocycles. The normalized spacial score (nSPS) is 15.7. The Kier molecular flexibility index (Phi) is 7.49. The molecule has 37 heavy (non-hydrogen) atoms. The number of hydrogen-bond donors (Lipinski definition) is 3. The number of carbonyl (C=O) groups is 4. The number of thiophene rings is 1. The van der Waals surface area contributed by atoms with Crippen LogP contribution in [0.1, 0.15) is 42.4 Å². The van der Waals surface area contributed by atoms with Crippen LogP contribution in [0.4, 0.5) is 15.5 Å². The summed E-state index contributed by atoms with van der Waals surface area (Å²) in [6, 6.07) is 13.7. The van der Waals surface area contributed by atoms with Crippen LogP contribution in [0.5, 0.6) is 0 Å². The van der Waals surface area contributed by atoms with Crippen molar-refractivity contribution < 1.29 is 23.9 Å². The second kappa shape index (κ2) is 10.6. The number of nitrogens with zero attached hydrogens (tertiary/aromatic N) is 1. The first-order chi connectivity index (χ1) is 17.6. The number of ether oxygens (including phenoxy) is 1. The fraction of sp³-hybridized carbons (Fsp3) is 0.333. The summed E-state index contributed by atoms with van der Waals surface area (Å²) in [4.78, 5) is 53.4. The van der Waals surface area contributed by atoms with Crippen molar-refractivity contribution in [1.82, 2.24) is 10.2 Å². The van der Waals surface area contributed by atoms with Crippen LogP contribution in [0.3, 0.4) is 0 Å². The third-order valence-electron chi connectivity index (χ3n) is 6.12. The van der Waals surface area contributed by atoms with Crippen molar-refractivity contribution in [2.24, 2.45) is 0 Å². The molecule has 0 bridgehead atoms. The molecule has 1 aliphatic rings. The molecular weight excluding hydrogens is 492 g/mol. The molecule has 1 fully saturated rings. The van der Waals surface area contributed by atoms with Gasteiger partial charge in [-0.3, -0.25) is 19.7 Å². The minimum atomic E-state index is -0.994. The average molecular weight is 523 g/mol. The second-order valence-corrected chi connectivity index (χ2v) is 10.9. The number of nitrogens with one attached hydrogen (secondary N) is 3. The summed E-state index contributed by atoms with van der Waals surface area (Å²) in [5.41, 5.74) is 0.606. The number of urea groups is 1. The van der Waals surface area contributed by atoms with Crippen LogP contribution in [-0.2, 0) is 19.7 Å². The van der Waals surface area contributed by atoms with Crippen LogP contribution in [0.2, 0.25) is 0 Å². The minimum absolute atomic E-state index is 0.232. The molecule has 9 nitrogen and oxygen atoms in total. The van der Waals surface area contributed by atoms with Gasteiger partial charge < -0.3 is 20.3 Å². The van der Waals surface area contributed by atoms with Gasteiger partial charge in [0.25, 0.3) is 5.91 Å². The molecule has 2 aromatic carbocycles. The van der Waals surface area contributed by atoms with E-state index in [0.717, 1.165) is 15.6 Å². The third-order valence-corrected chi connectivity index (χ3v) is 7.59. The zero-order valence-electron chi connectivity index (χ0n) is 21.2. The van der Waals surface area contributed by atoms with Crippen molar-refractivity contribution in [2.75, 3.05) is 30.8 Å². The summed E-state index contributed by atoms with van der Waals surface area (Å²) in [6.07, 6.45) is -0.254. The quantitative estimate of drug-likeness (QED) is 0.431. The Morgan fingerprint density at radius 2 is 1.81 bits per heavy atom. The molecule has 2 heterocycles. The Morgan fingerprint density at radius 1 is 1.08 bits per heavy atom. The van der Waals surface area contributed by atoms with E-state index < -0.39 is 29.9 Å². The lowest BCUT2D eigenvalue weighted by Crippen LogP contribution is -2.57. The number of piperazine rings is 1. The predicted molar refractivity (Wildman–Crippen MR) is 144 cm³/mol. The van der Waals surface area contributed by atoms with E-state index in [1.54, 1.807) is 6.07 Å². The van der Waals surface area contributed by atoms with Crippen LogP contribution in [-0.4, -0.2) is 55.0 Å². The van der Waals surface area contributed by atoms with Crippen molar-refractivity contribution >= 4 is 56.6 Å². The van der Waals surface area contributed by atoms with Crippen molar-refractivity contribution in [3.63, 3.8) is 0 Å². The molecular formula is C27H30N4O5S. The largest absolute Gasteiger partial charge is 0.469 e. The fourth-order valence-electron chi connectivity index (χ4n) is 4.10. The number of anilines is 2. The van der Waals surface area contributed by atoms with Gasteiger partial charge >= 0.3 is 12.0 Å². The molecule has 10 heteroatoms. The maximum atomic E-state index is 13.7. The van der Waals surface area contributed by atoms with Gasteiger partial charge in [0.2, 0.25) is 5.91 Å². The topological polar surface area (TPSA) is 117 Å². The molecule has 1 aromatic heterocycles. The highest BCUT2D eigenvalue weighted by molar-refractivity contribution is 7.16. The zero-order chi connectivity index (χ0) is 26.7. The Morgan fingerprint density at radius 3 is 2.51 bits per heavy atom. The van der Waals surface area contributed by atoms with Crippen molar-refractivity contribution in [3.05, 3.63) is 59.0 Å². The van der Waals surface area contributed by atoms with Gasteiger partial charge in [-0.1, -0.05) is 51.1 Å². The van der Waals surface area contributed by atoms with Gasteiger partial charge in [0.05, 0.1) is 19.1 Å². The fourth-order valence-corrected chi connectivity index (χ4v) is 5.20. The monoisotopic (exact) mass is 522 g/mol. The first kappa shape index (κ1) is 26.2. The molecule has 3 aromatic rings. The summed E-state index contributed by atoms with van der Waals surface area (Å²) >= 11 is 1.31. The first-order valence-corrected chi connectivity index (χ1v) is 12.7. The first-order valence-electron chi connectivity index (χ1n) is 11.9. The van der Waals surface area contributed by atoms with Gasteiger partial charge in [-0.25, -0.2) is 4.79 Å². The third kappa shape index (κ3) is 5.91. The van der Waals surface area contributed by atoms with Crippen LogP contribution < -0.4 is 16.0 Å². The Hall–Kier alpha value is -3.92. The molecule has 0 radical (unpaired) electrons. The van der Waals surface area contributed by atoms with E-state index in [1.807, 2.05) is 63.2 Å². The van der Waals surface area contributed by atoms with E-state index >= 15 is 0 Å². The average Bonchev–Trinajstić information content (AvgIpc) is 3.28. The highest BCUT2D eigenvalue weighted by Gasteiger charge is 2.37. The lowest BCUT2D eigenvalue weighted by molar-refractivity contribution is -0.145.